The number of rotatable bonds is 4. The minimum atomic E-state index is -0.321. The van der Waals surface area contributed by atoms with Gasteiger partial charge in [-0.3, -0.25) is 9.69 Å². The first-order chi connectivity index (χ1) is 11.6. The highest BCUT2D eigenvalue weighted by Crippen LogP contribution is 2.37. The largest absolute Gasteiger partial charge is 0.497 e. The molecule has 1 aliphatic rings. The van der Waals surface area contributed by atoms with Gasteiger partial charge in [-0.1, -0.05) is 12.1 Å². The maximum absolute atomic E-state index is 12.7. The highest BCUT2D eigenvalue weighted by atomic mass is 16.5. The smallest absolute Gasteiger partial charge is 0.294 e. The fourth-order valence-electron chi connectivity index (χ4n) is 2.50. The summed E-state index contributed by atoms with van der Waals surface area (Å²) >= 11 is 0. The second-order valence-corrected chi connectivity index (χ2v) is 5.29. The van der Waals surface area contributed by atoms with Crippen molar-refractivity contribution in [2.45, 2.75) is 0 Å². The molecular formula is C18H18N2O4. The lowest BCUT2D eigenvalue weighted by Gasteiger charge is -2.30. The fraction of sp³-hybridized carbons (Fsp3) is 0.167. The quantitative estimate of drug-likeness (QED) is 0.663. The number of nitrogens with zero attached hydrogens (tertiary/aromatic N) is 1. The predicted molar refractivity (Wildman–Crippen MR) is 91.9 cm³/mol. The van der Waals surface area contributed by atoms with E-state index in [9.17, 15) is 9.90 Å². The third kappa shape index (κ3) is 3.04. The molecule has 0 aliphatic carbocycles. The average molecular weight is 326 g/mol. The first-order valence-electron chi connectivity index (χ1n) is 7.48. The summed E-state index contributed by atoms with van der Waals surface area (Å²) in [7, 11) is 1.59. The molecule has 0 spiro atoms. The zero-order valence-corrected chi connectivity index (χ0v) is 13.2. The normalized spacial score (nSPS) is 15.2. The molecule has 6 heteroatoms. The van der Waals surface area contributed by atoms with Gasteiger partial charge in [-0.15, -0.1) is 0 Å². The summed E-state index contributed by atoms with van der Waals surface area (Å²) in [6.07, 6.45) is 1.66. The van der Waals surface area contributed by atoms with Crippen LogP contribution in [0.25, 0.3) is 6.08 Å². The van der Waals surface area contributed by atoms with Gasteiger partial charge in [0.15, 0.2) is 11.5 Å². The lowest BCUT2D eigenvalue weighted by atomic mass is 10.1. The molecule has 24 heavy (non-hydrogen) atoms. The number of aliphatic hydroxyl groups is 1. The van der Waals surface area contributed by atoms with Gasteiger partial charge in [0.1, 0.15) is 5.75 Å². The van der Waals surface area contributed by atoms with Crippen LogP contribution in [0, 0.1) is 0 Å². The van der Waals surface area contributed by atoms with Gasteiger partial charge in [0.05, 0.1) is 19.4 Å². The van der Waals surface area contributed by atoms with Crippen LogP contribution in [0.4, 0.5) is 11.4 Å². The number of carbonyl (C=O) groups excluding carboxylic acids is 1. The first-order valence-corrected chi connectivity index (χ1v) is 7.48. The molecule has 2 aromatic rings. The van der Waals surface area contributed by atoms with E-state index in [2.05, 4.69) is 0 Å². The highest BCUT2D eigenvalue weighted by Gasteiger charge is 2.30. The summed E-state index contributed by atoms with van der Waals surface area (Å²) in [5.41, 5.74) is 7.68. The average Bonchev–Trinajstić information content (AvgIpc) is 2.60. The number of anilines is 2. The number of aliphatic hydroxyl groups excluding tert-OH is 1. The van der Waals surface area contributed by atoms with Crippen LogP contribution in [0.5, 0.6) is 11.5 Å². The SMILES string of the molecule is COc1ccc(/C=C2/Oc3ccc(N)cc3N(CCO)C2=O)cc1. The highest BCUT2D eigenvalue weighted by molar-refractivity contribution is 6.10. The van der Waals surface area contributed by atoms with Gasteiger partial charge in [-0.2, -0.15) is 0 Å². The minimum absolute atomic E-state index is 0.157. The summed E-state index contributed by atoms with van der Waals surface area (Å²) in [5, 5.41) is 9.27. The number of hydrogen-bond donors (Lipinski definition) is 2. The van der Waals surface area contributed by atoms with Gasteiger partial charge in [-0.25, -0.2) is 0 Å². The monoisotopic (exact) mass is 326 g/mol. The van der Waals surface area contributed by atoms with Crippen LogP contribution >= 0.6 is 0 Å². The van der Waals surface area contributed by atoms with E-state index >= 15 is 0 Å². The number of amides is 1. The van der Waals surface area contributed by atoms with E-state index in [4.69, 9.17) is 15.2 Å². The molecule has 6 nitrogen and oxygen atoms in total. The molecule has 0 radical (unpaired) electrons. The number of carbonyl (C=O) groups is 1. The Morgan fingerprint density at radius 1 is 1.25 bits per heavy atom. The molecule has 0 atom stereocenters. The van der Waals surface area contributed by atoms with E-state index in [0.717, 1.165) is 11.3 Å². The number of fused-ring (bicyclic) bond motifs is 1. The van der Waals surface area contributed by atoms with Crippen molar-refractivity contribution in [1.29, 1.82) is 0 Å². The molecule has 0 bridgehead atoms. The van der Waals surface area contributed by atoms with Crippen molar-refractivity contribution >= 4 is 23.4 Å². The molecule has 1 heterocycles. The second kappa shape index (κ2) is 6.64. The number of ether oxygens (including phenoxy) is 2. The van der Waals surface area contributed by atoms with Crippen LogP contribution in [0.2, 0.25) is 0 Å². The maximum Gasteiger partial charge on any atom is 0.294 e. The zero-order valence-electron chi connectivity index (χ0n) is 13.2. The number of hydrogen-bond acceptors (Lipinski definition) is 5. The Morgan fingerprint density at radius 2 is 2.00 bits per heavy atom. The fourth-order valence-corrected chi connectivity index (χ4v) is 2.50. The minimum Gasteiger partial charge on any atom is -0.497 e. The molecule has 1 aliphatic heterocycles. The molecule has 0 fully saturated rings. The van der Waals surface area contributed by atoms with E-state index in [1.54, 1.807) is 43.5 Å². The van der Waals surface area contributed by atoms with Crippen molar-refractivity contribution in [1.82, 2.24) is 0 Å². The molecule has 3 N–H and O–H groups in total. The van der Waals surface area contributed by atoms with E-state index in [-0.39, 0.29) is 24.8 Å². The first kappa shape index (κ1) is 15.9. The van der Waals surface area contributed by atoms with E-state index in [1.807, 2.05) is 12.1 Å². The van der Waals surface area contributed by atoms with Crippen LogP contribution < -0.4 is 20.1 Å². The Morgan fingerprint density at radius 3 is 2.67 bits per heavy atom. The summed E-state index contributed by atoms with van der Waals surface area (Å²) < 4.78 is 10.9. The van der Waals surface area contributed by atoms with Gasteiger partial charge in [0.25, 0.3) is 5.91 Å². The van der Waals surface area contributed by atoms with E-state index < -0.39 is 0 Å². The lowest BCUT2D eigenvalue weighted by molar-refractivity contribution is -0.117. The Kier molecular flexibility index (Phi) is 4.39. The molecular weight excluding hydrogens is 308 g/mol. The Bertz CT molecular complexity index is 784. The van der Waals surface area contributed by atoms with Crippen LogP contribution in [-0.2, 0) is 4.79 Å². The maximum atomic E-state index is 12.7. The zero-order chi connectivity index (χ0) is 17.1. The molecule has 2 aromatic carbocycles. The van der Waals surface area contributed by atoms with Crippen LogP contribution in [0.3, 0.4) is 0 Å². The number of nitrogens with two attached hydrogens (primary N) is 1. The van der Waals surface area contributed by atoms with Crippen LogP contribution in [0.15, 0.2) is 48.2 Å². The van der Waals surface area contributed by atoms with Gasteiger partial charge in [-0.05, 0) is 42.0 Å². The summed E-state index contributed by atoms with van der Waals surface area (Å²) in [6, 6.07) is 12.3. The Hall–Kier alpha value is -2.99. The molecule has 3 rings (SSSR count). The van der Waals surface area contributed by atoms with Gasteiger partial charge in [0, 0.05) is 12.2 Å². The van der Waals surface area contributed by atoms with Crippen molar-refractivity contribution < 1.29 is 19.4 Å². The Balaban J connectivity index is 1.98. The molecule has 0 saturated heterocycles. The molecule has 0 saturated carbocycles. The summed E-state index contributed by atoms with van der Waals surface area (Å²) in [4.78, 5) is 14.1. The molecule has 1 amide bonds. The summed E-state index contributed by atoms with van der Waals surface area (Å²) in [5.74, 6) is 1.12. The van der Waals surface area contributed by atoms with Crippen molar-refractivity contribution in [3.05, 3.63) is 53.8 Å². The lowest BCUT2D eigenvalue weighted by Crippen LogP contribution is -2.39. The van der Waals surface area contributed by atoms with Crippen molar-refractivity contribution in [2.24, 2.45) is 0 Å². The number of nitrogen functional groups attached to an aromatic ring is 1. The van der Waals surface area contributed by atoms with Crippen LogP contribution in [-0.4, -0.2) is 31.3 Å². The van der Waals surface area contributed by atoms with Gasteiger partial charge < -0.3 is 20.3 Å². The van der Waals surface area contributed by atoms with E-state index in [1.165, 1.54) is 4.90 Å². The summed E-state index contributed by atoms with van der Waals surface area (Å²) in [6.45, 7) is 0.00833. The second-order valence-electron chi connectivity index (χ2n) is 5.29. The molecule has 0 aromatic heterocycles. The van der Waals surface area contributed by atoms with Crippen molar-refractivity contribution in [3.8, 4) is 11.5 Å². The number of methoxy groups -OCH3 is 1. The number of benzene rings is 2. The van der Waals surface area contributed by atoms with Gasteiger partial charge in [0.2, 0.25) is 0 Å². The van der Waals surface area contributed by atoms with Crippen LogP contribution in [0.1, 0.15) is 5.56 Å². The van der Waals surface area contributed by atoms with Crippen molar-refractivity contribution in [2.75, 3.05) is 30.9 Å². The molecule has 0 unspecified atom stereocenters. The predicted octanol–water partition coefficient (Wildman–Crippen LogP) is 2.04. The van der Waals surface area contributed by atoms with Crippen molar-refractivity contribution in [3.63, 3.8) is 0 Å². The molecule has 124 valence electrons. The van der Waals surface area contributed by atoms with E-state index in [0.29, 0.717) is 17.1 Å². The topological polar surface area (TPSA) is 85.0 Å². The standard InChI is InChI=1S/C18H18N2O4/c1-23-14-5-2-12(3-6-14)10-17-18(22)20(8-9-21)15-11-13(19)4-7-16(15)24-17/h2-7,10-11,21H,8-9,19H2,1H3/b17-10+. The third-order valence-electron chi connectivity index (χ3n) is 3.69. The number of β-amino-alcohol motifs (C(OH)–C–C–N with tert-alkyl or cyclic N) is 1. The third-order valence-corrected chi connectivity index (χ3v) is 3.69. The Labute approximate surface area is 139 Å². The van der Waals surface area contributed by atoms with Gasteiger partial charge >= 0.3 is 0 Å².